The lowest BCUT2D eigenvalue weighted by molar-refractivity contribution is -0.140. The summed E-state index contributed by atoms with van der Waals surface area (Å²) in [5, 5.41) is 1.20. The zero-order valence-electron chi connectivity index (χ0n) is 9.86. The van der Waals surface area contributed by atoms with E-state index in [1.54, 1.807) is 18.2 Å². The number of ether oxygens (including phenoxy) is 1. The first-order valence-electron chi connectivity index (χ1n) is 5.14. The Labute approximate surface area is 111 Å². The van der Waals surface area contributed by atoms with Crippen LogP contribution in [-0.4, -0.2) is 23.5 Å². The smallest absolute Gasteiger partial charge is 0.313 e. The van der Waals surface area contributed by atoms with Crippen LogP contribution in [0.2, 0.25) is 5.02 Å². The van der Waals surface area contributed by atoms with Crippen LogP contribution >= 0.6 is 11.6 Å². The minimum absolute atomic E-state index is 0.0439. The van der Waals surface area contributed by atoms with Crippen LogP contribution in [0.15, 0.2) is 27.5 Å². The number of furan rings is 1. The molecule has 0 N–H and O–H groups in total. The van der Waals surface area contributed by atoms with Crippen LogP contribution in [0.5, 0.6) is 0 Å². The molecule has 1 aromatic heterocycles. The molecule has 0 spiro atoms. The highest BCUT2D eigenvalue weighted by molar-refractivity contribution is 7.84. The molecule has 0 aliphatic carbocycles. The molecule has 0 saturated carbocycles. The zero-order valence-corrected chi connectivity index (χ0v) is 11.4. The standard InChI is InChI=1S/C12H11ClO4S/c1-16-11(14)6-10-12(18(2)15)8-5-7(13)3-4-9(8)17-10/h3-5H,6H2,1-2H3. The van der Waals surface area contributed by atoms with Gasteiger partial charge in [0, 0.05) is 16.7 Å². The molecule has 0 aliphatic rings. The van der Waals surface area contributed by atoms with Crippen molar-refractivity contribution in [2.24, 2.45) is 0 Å². The fraction of sp³-hybridized carbons (Fsp3) is 0.250. The summed E-state index contributed by atoms with van der Waals surface area (Å²) >= 11 is 5.91. The number of rotatable bonds is 3. The highest BCUT2D eigenvalue weighted by Crippen LogP contribution is 2.31. The second kappa shape index (κ2) is 5.12. The van der Waals surface area contributed by atoms with E-state index in [4.69, 9.17) is 16.0 Å². The van der Waals surface area contributed by atoms with Gasteiger partial charge in [0.1, 0.15) is 17.8 Å². The van der Waals surface area contributed by atoms with Gasteiger partial charge in [-0.25, -0.2) is 0 Å². The molecule has 1 heterocycles. The molecule has 6 heteroatoms. The fourth-order valence-electron chi connectivity index (χ4n) is 1.73. The van der Waals surface area contributed by atoms with E-state index >= 15 is 0 Å². The van der Waals surface area contributed by atoms with Crippen LogP contribution in [-0.2, 0) is 26.8 Å². The maximum Gasteiger partial charge on any atom is 0.313 e. The average molecular weight is 287 g/mol. The van der Waals surface area contributed by atoms with Crippen LogP contribution in [0.25, 0.3) is 11.0 Å². The van der Waals surface area contributed by atoms with E-state index < -0.39 is 16.8 Å². The summed E-state index contributed by atoms with van der Waals surface area (Å²) in [5.41, 5.74) is 0.559. The molecule has 1 aromatic carbocycles. The third kappa shape index (κ3) is 2.42. The Kier molecular flexibility index (Phi) is 3.73. The van der Waals surface area contributed by atoms with Crippen molar-refractivity contribution in [1.29, 1.82) is 0 Å². The number of esters is 1. The Morgan fingerprint density at radius 2 is 2.22 bits per heavy atom. The maximum absolute atomic E-state index is 11.8. The van der Waals surface area contributed by atoms with E-state index in [1.165, 1.54) is 13.4 Å². The minimum Gasteiger partial charge on any atom is -0.469 e. The molecule has 2 aromatic rings. The topological polar surface area (TPSA) is 56.5 Å². The van der Waals surface area contributed by atoms with Crippen molar-refractivity contribution >= 4 is 39.3 Å². The van der Waals surface area contributed by atoms with Gasteiger partial charge in [-0.3, -0.25) is 9.00 Å². The normalized spacial score (nSPS) is 12.6. The number of benzene rings is 1. The molecule has 0 fully saturated rings. The quantitative estimate of drug-likeness (QED) is 0.814. The van der Waals surface area contributed by atoms with E-state index in [0.717, 1.165) is 0 Å². The van der Waals surface area contributed by atoms with Crippen molar-refractivity contribution in [2.75, 3.05) is 13.4 Å². The molecule has 0 bridgehead atoms. The van der Waals surface area contributed by atoms with Crippen molar-refractivity contribution in [3.63, 3.8) is 0 Å². The highest BCUT2D eigenvalue weighted by atomic mass is 35.5. The van der Waals surface area contributed by atoms with Crippen molar-refractivity contribution < 1.29 is 18.2 Å². The van der Waals surface area contributed by atoms with Crippen molar-refractivity contribution in [1.82, 2.24) is 0 Å². The van der Waals surface area contributed by atoms with E-state index in [-0.39, 0.29) is 6.42 Å². The largest absolute Gasteiger partial charge is 0.469 e. The Morgan fingerprint density at radius 3 is 2.83 bits per heavy atom. The van der Waals surface area contributed by atoms with Gasteiger partial charge in [0.05, 0.1) is 22.8 Å². The van der Waals surface area contributed by atoms with E-state index in [1.807, 2.05) is 0 Å². The lowest BCUT2D eigenvalue weighted by Gasteiger charge is -1.98. The minimum atomic E-state index is -1.27. The summed E-state index contributed by atoms with van der Waals surface area (Å²) in [5.74, 6) is -0.0770. The van der Waals surface area contributed by atoms with Gasteiger partial charge in [0.15, 0.2) is 0 Å². The second-order valence-electron chi connectivity index (χ2n) is 3.70. The molecule has 96 valence electrons. The predicted molar refractivity (Wildman–Crippen MR) is 69.3 cm³/mol. The third-order valence-corrected chi connectivity index (χ3v) is 3.75. The molecular weight excluding hydrogens is 276 g/mol. The Hall–Kier alpha value is -1.33. The van der Waals surface area contributed by atoms with Gasteiger partial charge in [-0.15, -0.1) is 0 Å². The van der Waals surface area contributed by atoms with Crippen LogP contribution in [0.3, 0.4) is 0 Å². The summed E-state index contributed by atoms with van der Waals surface area (Å²) in [6, 6.07) is 5.05. The number of hydrogen-bond donors (Lipinski definition) is 0. The third-order valence-electron chi connectivity index (χ3n) is 2.49. The second-order valence-corrected chi connectivity index (χ2v) is 5.45. The first kappa shape index (κ1) is 13.1. The first-order chi connectivity index (χ1) is 8.52. The Balaban J connectivity index is 2.62. The van der Waals surface area contributed by atoms with Gasteiger partial charge in [0.25, 0.3) is 0 Å². The van der Waals surface area contributed by atoms with Crippen LogP contribution in [0.4, 0.5) is 0 Å². The summed E-state index contributed by atoms with van der Waals surface area (Å²) < 4.78 is 21.9. The first-order valence-corrected chi connectivity index (χ1v) is 7.07. The van der Waals surface area contributed by atoms with Gasteiger partial charge >= 0.3 is 5.97 Å². The number of fused-ring (bicyclic) bond motifs is 1. The van der Waals surface area contributed by atoms with Gasteiger partial charge in [-0.2, -0.15) is 0 Å². The van der Waals surface area contributed by atoms with Crippen molar-refractivity contribution in [3.8, 4) is 0 Å². The zero-order chi connectivity index (χ0) is 13.3. The van der Waals surface area contributed by atoms with Crippen molar-refractivity contribution in [3.05, 3.63) is 29.0 Å². The fourth-order valence-corrected chi connectivity index (χ4v) is 2.81. The summed E-state index contributed by atoms with van der Waals surface area (Å²) in [7, 11) is 0.0253. The van der Waals surface area contributed by atoms with Crippen LogP contribution in [0.1, 0.15) is 5.76 Å². The summed E-state index contributed by atoms with van der Waals surface area (Å²) in [6.07, 6.45) is 1.49. The maximum atomic E-state index is 11.8. The van der Waals surface area contributed by atoms with E-state index in [0.29, 0.717) is 26.6 Å². The lowest BCUT2D eigenvalue weighted by Crippen LogP contribution is -2.05. The Bertz CT molecular complexity index is 632. The van der Waals surface area contributed by atoms with Crippen molar-refractivity contribution in [2.45, 2.75) is 11.3 Å². The molecule has 0 saturated heterocycles. The average Bonchev–Trinajstić information content (AvgIpc) is 2.65. The lowest BCUT2D eigenvalue weighted by atomic mass is 10.2. The number of hydrogen-bond acceptors (Lipinski definition) is 4. The van der Waals surface area contributed by atoms with Gasteiger partial charge in [-0.05, 0) is 18.2 Å². The molecule has 1 unspecified atom stereocenters. The molecular formula is C12H11ClO4S. The van der Waals surface area contributed by atoms with Gasteiger partial charge in [0.2, 0.25) is 0 Å². The predicted octanol–water partition coefficient (Wildman–Crippen LogP) is 2.54. The Morgan fingerprint density at radius 1 is 1.50 bits per heavy atom. The number of carbonyl (C=O) groups excluding carboxylic acids is 1. The monoisotopic (exact) mass is 286 g/mol. The molecule has 2 rings (SSSR count). The number of halogens is 1. The van der Waals surface area contributed by atoms with Crippen LogP contribution in [0, 0.1) is 0 Å². The van der Waals surface area contributed by atoms with Gasteiger partial charge < -0.3 is 9.15 Å². The summed E-state index contributed by atoms with van der Waals surface area (Å²) in [4.78, 5) is 11.8. The highest BCUT2D eigenvalue weighted by Gasteiger charge is 2.20. The van der Waals surface area contributed by atoms with E-state index in [9.17, 15) is 9.00 Å². The van der Waals surface area contributed by atoms with Crippen LogP contribution < -0.4 is 0 Å². The number of methoxy groups -OCH3 is 1. The SMILES string of the molecule is COC(=O)Cc1oc2ccc(Cl)cc2c1S(C)=O. The summed E-state index contributed by atoms with van der Waals surface area (Å²) in [6.45, 7) is 0. The van der Waals surface area contributed by atoms with Gasteiger partial charge in [-0.1, -0.05) is 11.6 Å². The molecule has 0 aliphatic heterocycles. The molecule has 18 heavy (non-hydrogen) atoms. The van der Waals surface area contributed by atoms with E-state index in [2.05, 4.69) is 4.74 Å². The molecule has 1 atom stereocenters. The molecule has 4 nitrogen and oxygen atoms in total. The molecule has 0 amide bonds. The number of carbonyl (C=O) groups is 1. The molecule has 0 radical (unpaired) electrons.